The molecule has 4 nitrogen and oxygen atoms in total. The molecule has 0 spiro atoms. The SMILES string of the molecule is Cl.Cl.N[C@H](Cc1ccc(F)nc1F)C(=O)O. The summed E-state index contributed by atoms with van der Waals surface area (Å²) in [4.78, 5) is 13.2. The van der Waals surface area contributed by atoms with Crippen LogP contribution in [-0.4, -0.2) is 22.1 Å². The summed E-state index contributed by atoms with van der Waals surface area (Å²) in [5.74, 6) is -3.22. The van der Waals surface area contributed by atoms with Gasteiger partial charge in [0.15, 0.2) is 0 Å². The Labute approximate surface area is 103 Å². The van der Waals surface area contributed by atoms with Crippen LogP contribution in [0.1, 0.15) is 5.56 Å². The fourth-order valence-electron chi connectivity index (χ4n) is 0.917. The van der Waals surface area contributed by atoms with Crippen molar-refractivity contribution < 1.29 is 18.7 Å². The minimum absolute atomic E-state index is 0. The number of aromatic nitrogens is 1. The smallest absolute Gasteiger partial charge is 0.320 e. The van der Waals surface area contributed by atoms with Crippen LogP contribution in [-0.2, 0) is 11.2 Å². The van der Waals surface area contributed by atoms with Crippen molar-refractivity contribution in [1.82, 2.24) is 4.98 Å². The van der Waals surface area contributed by atoms with Gasteiger partial charge in [0.25, 0.3) is 0 Å². The van der Waals surface area contributed by atoms with Crippen LogP contribution in [0.4, 0.5) is 8.78 Å². The van der Waals surface area contributed by atoms with E-state index in [1.807, 2.05) is 0 Å². The number of aliphatic carboxylic acids is 1. The van der Waals surface area contributed by atoms with Gasteiger partial charge in [0, 0.05) is 12.0 Å². The number of hydrogen-bond acceptors (Lipinski definition) is 3. The Morgan fingerprint density at radius 2 is 2.00 bits per heavy atom. The van der Waals surface area contributed by atoms with Crippen molar-refractivity contribution in [2.24, 2.45) is 5.73 Å². The quantitative estimate of drug-likeness (QED) is 0.811. The predicted molar refractivity (Wildman–Crippen MR) is 58.0 cm³/mol. The van der Waals surface area contributed by atoms with E-state index in [4.69, 9.17) is 10.8 Å². The fourth-order valence-corrected chi connectivity index (χ4v) is 0.917. The van der Waals surface area contributed by atoms with E-state index in [1.165, 1.54) is 0 Å². The average molecular weight is 275 g/mol. The third-order valence-corrected chi connectivity index (χ3v) is 1.65. The maximum atomic E-state index is 12.9. The summed E-state index contributed by atoms with van der Waals surface area (Å²) in [6.45, 7) is 0. The summed E-state index contributed by atoms with van der Waals surface area (Å²) in [5, 5.41) is 8.45. The van der Waals surface area contributed by atoms with Crippen molar-refractivity contribution in [1.29, 1.82) is 0 Å². The number of carboxylic acids is 1. The first kappa shape index (κ1) is 17.4. The third-order valence-electron chi connectivity index (χ3n) is 1.65. The van der Waals surface area contributed by atoms with Gasteiger partial charge in [-0.15, -0.1) is 24.8 Å². The van der Waals surface area contributed by atoms with Gasteiger partial charge in [-0.3, -0.25) is 4.79 Å². The molecule has 0 fully saturated rings. The highest BCUT2D eigenvalue weighted by molar-refractivity contribution is 5.85. The van der Waals surface area contributed by atoms with E-state index in [0.717, 1.165) is 12.1 Å². The molecular weight excluding hydrogens is 265 g/mol. The first-order chi connectivity index (χ1) is 6.50. The van der Waals surface area contributed by atoms with E-state index in [9.17, 15) is 13.6 Å². The Morgan fingerprint density at radius 3 is 2.44 bits per heavy atom. The molecule has 1 aromatic rings. The highest BCUT2D eigenvalue weighted by Crippen LogP contribution is 2.07. The highest BCUT2D eigenvalue weighted by atomic mass is 35.5. The molecule has 0 saturated heterocycles. The summed E-state index contributed by atoms with van der Waals surface area (Å²) < 4.78 is 25.2. The first-order valence-corrected chi connectivity index (χ1v) is 3.80. The molecule has 0 saturated carbocycles. The summed E-state index contributed by atoms with van der Waals surface area (Å²) in [5.41, 5.74) is 5.16. The average Bonchev–Trinajstić information content (AvgIpc) is 2.09. The lowest BCUT2D eigenvalue weighted by atomic mass is 10.1. The van der Waals surface area contributed by atoms with E-state index >= 15 is 0 Å². The summed E-state index contributed by atoms with van der Waals surface area (Å²) in [6.07, 6.45) is -0.214. The Bertz CT molecular complexity index is 366. The predicted octanol–water partition coefficient (Wildman–Crippen LogP) is 1.16. The van der Waals surface area contributed by atoms with E-state index in [2.05, 4.69) is 4.98 Å². The van der Waals surface area contributed by atoms with Crippen LogP contribution in [0.2, 0.25) is 0 Å². The lowest BCUT2D eigenvalue weighted by Gasteiger charge is -2.06. The van der Waals surface area contributed by atoms with Crippen molar-refractivity contribution in [2.45, 2.75) is 12.5 Å². The van der Waals surface area contributed by atoms with Gasteiger partial charge in [0.1, 0.15) is 6.04 Å². The van der Waals surface area contributed by atoms with E-state index < -0.39 is 23.9 Å². The molecule has 16 heavy (non-hydrogen) atoms. The van der Waals surface area contributed by atoms with Crippen LogP contribution in [0.5, 0.6) is 0 Å². The zero-order valence-corrected chi connectivity index (χ0v) is 9.52. The van der Waals surface area contributed by atoms with Gasteiger partial charge in [0.2, 0.25) is 11.9 Å². The largest absolute Gasteiger partial charge is 0.480 e. The summed E-state index contributed by atoms with van der Waals surface area (Å²) in [6, 6.07) is 0.866. The van der Waals surface area contributed by atoms with E-state index in [1.54, 1.807) is 0 Å². The standard InChI is InChI=1S/C8H8F2N2O2.2ClH/c9-6-2-1-4(7(10)12-6)3-5(11)8(13)14;;/h1-2,5H,3,11H2,(H,13,14);2*1H/t5-;;/m1../s1. The van der Waals surface area contributed by atoms with Gasteiger partial charge < -0.3 is 10.8 Å². The molecule has 0 aromatic carbocycles. The van der Waals surface area contributed by atoms with Gasteiger partial charge in [0.05, 0.1) is 0 Å². The second kappa shape index (κ2) is 7.32. The minimum Gasteiger partial charge on any atom is -0.480 e. The molecule has 1 heterocycles. The Hall–Kier alpha value is -0.980. The Kier molecular flexibility index (Phi) is 7.97. The van der Waals surface area contributed by atoms with Crippen LogP contribution in [0, 0.1) is 11.9 Å². The number of halogens is 4. The van der Waals surface area contributed by atoms with Gasteiger partial charge >= 0.3 is 5.97 Å². The molecule has 1 rings (SSSR count). The zero-order chi connectivity index (χ0) is 10.7. The molecule has 1 atom stereocenters. The van der Waals surface area contributed by atoms with E-state index in [-0.39, 0.29) is 36.8 Å². The summed E-state index contributed by atoms with van der Waals surface area (Å²) in [7, 11) is 0. The van der Waals surface area contributed by atoms with Gasteiger partial charge in [-0.25, -0.2) is 0 Å². The molecule has 1 aromatic heterocycles. The van der Waals surface area contributed by atoms with Crippen LogP contribution >= 0.6 is 24.8 Å². The maximum Gasteiger partial charge on any atom is 0.320 e. The van der Waals surface area contributed by atoms with Crippen LogP contribution in [0.15, 0.2) is 12.1 Å². The summed E-state index contributed by atoms with van der Waals surface area (Å²) >= 11 is 0. The zero-order valence-electron chi connectivity index (χ0n) is 7.89. The van der Waals surface area contributed by atoms with Gasteiger partial charge in [-0.1, -0.05) is 0 Å². The van der Waals surface area contributed by atoms with Crippen LogP contribution in [0.25, 0.3) is 0 Å². The maximum absolute atomic E-state index is 12.9. The lowest BCUT2D eigenvalue weighted by molar-refractivity contribution is -0.138. The molecule has 0 bridgehead atoms. The molecule has 0 aliphatic carbocycles. The molecule has 0 aliphatic rings. The molecule has 0 aliphatic heterocycles. The Balaban J connectivity index is 0. The minimum atomic E-state index is -1.24. The molecule has 0 radical (unpaired) electrons. The van der Waals surface area contributed by atoms with Gasteiger partial charge in [-0.2, -0.15) is 13.8 Å². The van der Waals surface area contributed by atoms with Crippen LogP contribution < -0.4 is 5.73 Å². The fraction of sp³-hybridized carbons (Fsp3) is 0.250. The lowest BCUT2D eigenvalue weighted by Crippen LogP contribution is -2.32. The van der Waals surface area contributed by atoms with Gasteiger partial charge in [-0.05, 0) is 12.1 Å². The molecule has 92 valence electrons. The number of hydrogen-bond donors (Lipinski definition) is 2. The number of nitrogens with zero attached hydrogens (tertiary/aromatic N) is 1. The molecule has 8 heteroatoms. The van der Waals surface area contributed by atoms with Crippen molar-refractivity contribution in [2.75, 3.05) is 0 Å². The van der Waals surface area contributed by atoms with Crippen molar-refractivity contribution in [3.63, 3.8) is 0 Å². The number of carboxylic acid groups (broad SMARTS) is 1. The molecular formula is C8H10Cl2F2N2O2. The Morgan fingerprint density at radius 1 is 1.44 bits per heavy atom. The number of nitrogens with two attached hydrogens (primary N) is 1. The van der Waals surface area contributed by atoms with Crippen molar-refractivity contribution in [3.8, 4) is 0 Å². The number of pyridine rings is 1. The highest BCUT2D eigenvalue weighted by Gasteiger charge is 2.15. The monoisotopic (exact) mass is 274 g/mol. The third kappa shape index (κ3) is 4.69. The normalized spacial score (nSPS) is 10.9. The number of carbonyl (C=O) groups is 1. The van der Waals surface area contributed by atoms with Crippen molar-refractivity contribution in [3.05, 3.63) is 29.6 Å². The molecule has 0 amide bonds. The second-order valence-corrected chi connectivity index (χ2v) is 2.73. The van der Waals surface area contributed by atoms with E-state index in [0.29, 0.717) is 0 Å². The molecule has 3 N–H and O–H groups in total. The first-order valence-electron chi connectivity index (χ1n) is 3.80. The molecule has 0 unspecified atom stereocenters. The topological polar surface area (TPSA) is 76.2 Å². The van der Waals surface area contributed by atoms with Crippen molar-refractivity contribution >= 4 is 30.8 Å². The number of rotatable bonds is 3. The van der Waals surface area contributed by atoms with Crippen LogP contribution in [0.3, 0.4) is 0 Å². The second-order valence-electron chi connectivity index (χ2n) is 2.73.